The fourth-order valence-corrected chi connectivity index (χ4v) is 12.2. The van der Waals surface area contributed by atoms with Crippen molar-refractivity contribution in [1.29, 1.82) is 0 Å². The zero-order chi connectivity index (χ0) is 67.4. The molecule has 29 heteroatoms. The minimum absolute atomic E-state index is 0.0432. The summed E-state index contributed by atoms with van der Waals surface area (Å²) in [7, 11) is 0. The molecule has 0 radical (unpaired) electrons. The molecule has 3 aliphatic heterocycles. The molecule has 5 heterocycles. The molecule has 19 atom stereocenters. The summed E-state index contributed by atoms with van der Waals surface area (Å²) in [5.74, 6) is -9.24. The highest BCUT2D eigenvalue weighted by atomic mass is 16.7. The number of aromatic hydroxyl groups is 5. The van der Waals surface area contributed by atoms with Gasteiger partial charge in [-0.15, -0.1) is 0 Å². The lowest BCUT2D eigenvalue weighted by Gasteiger charge is -2.50. The summed E-state index contributed by atoms with van der Waals surface area (Å²) >= 11 is 0. The molecule has 6 aromatic carbocycles. The molecule has 8 aromatic rings. The number of aliphatic hydroxyl groups is 10. The van der Waals surface area contributed by atoms with Crippen molar-refractivity contribution in [1.82, 2.24) is 0 Å². The lowest BCUT2D eigenvalue weighted by molar-refractivity contribution is -0.279. The van der Waals surface area contributed by atoms with E-state index in [1.165, 1.54) is 103 Å². The number of fused-ring (bicyclic) bond motifs is 2. The van der Waals surface area contributed by atoms with E-state index in [-0.39, 0.29) is 73.5 Å². The van der Waals surface area contributed by atoms with Gasteiger partial charge in [-0.1, -0.05) is 24.3 Å². The number of phenolic OH excluding ortho intramolecular Hbond substituents is 5. The van der Waals surface area contributed by atoms with Crippen LogP contribution in [0.2, 0.25) is 0 Å². The van der Waals surface area contributed by atoms with E-state index in [0.717, 1.165) is 30.3 Å². The molecule has 1 saturated carbocycles. The summed E-state index contributed by atoms with van der Waals surface area (Å²) < 4.78 is 58.0. The van der Waals surface area contributed by atoms with Crippen LogP contribution in [0.1, 0.15) is 23.0 Å². The van der Waals surface area contributed by atoms with E-state index in [0.29, 0.717) is 16.7 Å². The number of ether oxygens (including phenoxy) is 8. The average Bonchev–Trinajstić information content (AvgIpc) is 0.722. The molecule has 12 rings (SSSR count). The fourth-order valence-electron chi connectivity index (χ4n) is 12.2. The van der Waals surface area contributed by atoms with Crippen molar-refractivity contribution >= 4 is 33.9 Å². The number of hydrogen-bond donors (Lipinski definition) is 15. The van der Waals surface area contributed by atoms with Gasteiger partial charge in [0.25, 0.3) is 0 Å². The summed E-state index contributed by atoms with van der Waals surface area (Å²) in [5.41, 5.74) is -0.331. The Hall–Kier alpha value is -9.44. The van der Waals surface area contributed by atoms with Crippen molar-refractivity contribution in [3.63, 3.8) is 0 Å². The van der Waals surface area contributed by atoms with Crippen LogP contribution in [0.15, 0.2) is 152 Å². The van der Waals surface area contributed by atoms with Crippen molar-refractivity contribution in [2.24, 2.45) is 11.8 Å². The molecule has 0 bridgehead atoms. The molecule has 0 amide bonds. The molecule has 15 N–H and O–H groups in total. The number of aliphatic hydroxyl groups excluding tert-OH is 10. The van der Waals surface area contributed by atoms with Gasteiger partial charge in [-0.25, -0.2) is 0 Å². The summed E-state index contributed by atoms with van der Waals surface area (Å²) in [6.45, 7) is -2.43. The fraction of sp³-hybridized carbons (Fsp3) is 0.333. The Bertz CT molecular complexity index is 4220. The Balaban J connectivity index is 0.756. The Morgan fingerprint density at radius 3 is 1.11 bits per heavy atom. The zero-order valence-electron chi connectivity index (χ0n) is 49.2. The largest absolute Gasteiger partial charge is 0.508 e. The third kappa shape index (κ3) is 13.0. The van der Waals surface area contributed by atoms with E-state index in [2.05, 4.69) is 0 Å². The third-order valence-corrected chi connectivity index (χ3v) is 17.2. The van der Waals surface area contributed by atoms with Crippen molar-refractivity contribution in [2.45, 2.75) is 104 Å². The van der Waals surface area contributed by atoms with Crippen molar-refractivity contribution in [3.05, 3.63) is 165 Å². The number of carbonyl (C=O) groups is 2. The van der Waals surface area contributed by atoms with Crippen LogP contribution < -0.4 is 25.1 Å². The minimum Gasteiger partial charge on any atom is -0.508 e. The Morgan fingerprint density at radius 1 is 0.389 bits per heavy atom. The summed E-state index contributed by atoms with van der Waals surface area (Å²) in [4.78, 5) is 56.1. The standard InChI is InChI=1S/C66H62O29/c67-23-44-53(75)56(78)59(81)64(93-44)88-33-15-7-27(8-16-33)41-22-39(74)50-37(72)18-35(20-43(50)92-41)90-66-61(83)58(80)55(77)46(95-66)25-87-63(85)52-48(29-5-13-32(70)14-6-29)47(28-3-11-31(69)12-4-28)51(52)62(84)86-24-45-54(76)57(79)60(82)65(94-45)89-34-17-36(71)49-38(73)21-40(91-42(49)19-34)26-1-9-30(68)10-2-26/h1-22,44-48,51-61,64-72,75-83H,23-25H2/t44-,45+,46+,47-,48+,51+,52-,53-,54+,55+,56+,57-,58-,59-,60+,61+,64-,65+,66+/m0/s1. The molecule has 1 aliphatic carbocycles. The molecule has 4 aliphatic rings. The van der Waals surface area contributed by atoms with Crippen molar-refractivity contribution < 1.29 is 133 Å². The zero-order valence-corrected chi connectivity index (χ0v) is 49.2. The number of phenols is 5. The summed E-state index contributed by atoms with van der Waals surface area (Å²) in [6.07, 6.45) is -26.8. The quantitative estimate of drug-likeness (QED) is 0.0563. The second kappa shape index (κ2) is 26.8. The first-order valence-corrected chi connectivity index (χ1v) is 29.6. The van der Waals surface area contributed by atoms with Crippen LogP contribution in [0.4, 0.5) is 0 Å². The maximum atomic E-state index is 14.7. The van der Waals surface area contributed by atoms with Crippen LogP contribution in [-0.2, 0) is 33.3 Å². The maximum absolute atomic E-state index is 14.7. The Kier molecular flexibility index (Phi) is 18.5. The van der Waals surface area contributed by atoms with E-state index in [9.17, 15) is 95.8 Å². The van der Waals surface area contributed by atoms with Gasteiger partial charge in [-0.2, -0.15) is 0 Å². The molecule has 3 saturated heterocycles. The number of rotatable bonds is 17. The number of benzene rings is 6. The van der Waals surface area contributed by atoms with E-state index < -0.39 is 170 Å². The highest BCUT2D eigenvalue weighted by Crippen LogP contribution is 2.59. The molecular weight excluding hydrogens is 1260 g/mol. The minimum atomic E-state index is -2.05. The van der Waals surface area contributed by atoms with Crippen LogP contribution >= 0.6 is 0 Å². The van der Waals surface area contributed by atoms with E-state index >= 15 is 0 Å². The Morgan fingerprint density at radius 2 is 0.726 bits per heavy atom. The lowest BCUT2D eigenvalue weighted by atomic mass is 9.52. The van der Waals surface area contributed by atoms with Gasteiger partial charge in [0.2, 0.25) is 18.9 Å². The van der Waals surface area contributed by atoms with E-state index in [1.807, 2.05) is 0 Å². The van der Waals surface area contributed by atoms with Gasteiger partial charge >= 0.3 is 11.9 Å². The van der Waals surface area contributed by atoms with Gasteiger partial charge in [-0.05, 0) is 83.9 Å². The summed E-state index contributed by atoms with van der Waals surface area (Å²) in [5, 5.41) is 159. The number of esters is 2. The Labute approximate surface area is 534 Å². The van der Waals surface area contributed by atoms with Crippen LogP contribution in [0, 0.1) is 11.8 Å². The number of hydrogen-bond acceptors (Lipinski definition) is 29. The molecule has 95 heavy (non-hydrogen) atoms. The molecule has 29 nitrogen and oxygen atoms in total. The third-order valence-electron chi connectivity index (χ3n) is 17.2. The predicted molar refractivity (Wildman–Crippen MR) is 320 cm³/mol. The number of carbonyl (C=O) groups excluding carboxylic acids is 2. The molecule has 4 fully saturated rings. The van der Waals surface area contributed by atoms with E-state index in [1.54, 1.807) is 0 Å². The van der Waals surface area contributed by atoms with Gasteiger partial charge in [0.1, 0.15) is 166 Å². The topological polar surface area (TPSA) is 472 Å². The molecule has 0 spiro atoms. The second-order valence-corrected chi connectivity index (χ2v) is 23.3. The molecular formula is C66H62O29. The van der Waals surface area contributed by atoms with Gasteiger partial charge in [-0.3, -0.25) is 19.2 Å². The monoisotopic (exact) mass is 1320 g/mol. The van der Waals surface area contributed by atoms with E-state index in [4.69, 9.17) is 46.7 Å². The molecule has 0 unspecified atom stereocenters. The SMILES string of the molecule is O=C(OC[C@H]1O[C@@H](Oc2cc(O)c3c(=O)cc(-c4ccc(O[C@H]5O[C@@H](CO)[C@H](O)[C@@H](O)[C@@H]5O)cc4)oc3c2)[C@H](O)[C@@H](O)[C@@H]1O)[C@@H]1[C@H](C(=O)OC[C@H]2O[C@@H](Oc3cc(O)c4c(=O)cc(-c5ccc(O)cc5)oc4c3)[C@H](O)[C@@H](O)[C@@H]2O)[C@@H](c2ccc(O)cc2)[C@H]1c1ccc(O)cc1. The maximum Gasteiger partial charge on any atom is 0.310 e. The second-order valence-electron chi connectivity index (χ2n) is 23.3. The van der Waals surface area contributed by atoms with Crippen LogP contribution in [0.25, 0.3) is 44.6 Å². The van der Waals surface area contributed by atoms with Crippen LogP contribution in [0.5, 0.6) is 46.0 Å². The first kappa shape index (κ1) is 65.6. The lowest BCUT2D eigenvalue weighted by Crippen LogP contribution is -2.61. The smallest absolute Gasteiger partial charge is 0.310 e. The summed E-state index contributed by atoms with van der Waals surface area (Å²) in [6, 6.07) is 29.2. The van der Waals surface area contributed by atoms with Crippen LogP contribution in [-0.4, -0.2) is 200 Å². The highest BCUT2D eigenvalue weighted by Gasteiger charge is 2.60. The van der Waals surface area contributed by atoms with Crippen molar-refractivity contribution in [3.8, 4) is 68.6 Å². The average molecular weight is 1320 g/mol. The van der Waals surface area contributed by atoms with Gasteiger partial charge in [0.15, 0.2) is 10.9 Å². The molecule has 500 valence electrons. The van der Waals surface area contributed by atoms with Crippen LogP contribution in [0.3, 0.4) is 0 Å². The predicted octanol–water partition coefficient (Wildman–Crippen LogP) is 0.913. The van der Waals surface area contributed by atoms with Gasteiger partial charge in [0, 0.05) is 59.4 Å². The van der Waals surface area contributed by atoms with Gasteiger partial charge < -0.3 is 123 Å². The first-order valence-electron chi connectivity index (χ1n) is 29.6. The highest BCUT2D eigenvalue weighted by molar-refractivity contribution is 5.89. The first-order chi connectivity index (χ1) is 45.4. The van der Waals surface area contributed by atoms with Crippen molar-refractivity contribution in [2.75, 3.05) is 19.8 Å². The van der Waals surface area contributed by atoms with Gasteiger partial charge in [0.05, 0.1) is 18.4 Å². The normalized spacial score (nSPS) is 29.9. The molecule has 2 aromatic heterocycles.